The lowest BCUT2D eigenvalue weighted by atomic mass is 11.4. The van der Waals surface area contributed by atoms with Crippen molar-refractivity contribution in [3.8, 4) is 0 Å². The molecule has 0 spiro atoms. The fourth-order valence-corrected chi connectivity index (χ4v) is 0.982. The predicted molar refractivity (Wildman–Crippen MR) is 36.8 cm³/mol. The van der Waals surface area contributed by atoms with Crippen LogP contribution >= 0.6 is 31.9 Å². The minimum Gasteiger partial charge on any atom is -0.0928 e. The summed E-state index contributed by atoms with van der Waals surface area (Å²) in [7, 11) is 0. The van der Waals surface area contributed by atoms with Gasteiger partial charge in [0, 0.05) is 10.7 Å². The monoisotopic (exact) mass is 218 g/mol. The molecule has 0 radical (unpaired) electrons. The van der Waals surface area contributed by atoms with E-state index in [0.717, 1.165) is 10.7 Å². The summed E-state index contributed by atoms with van der Waals surface area (Å²) < 4.78 is 0. The van der Waals surface area contributed by atoms with Crippen molar-refractivity contribution in [2.24, 2.45) is 0 Å². The summed E-state index contributed by atoms with van der Waals surface area (Å²) in [5.74, 6) is 0. The van der Waals surface area contributed by atoms with Crippen LogP contribution in [0.25, 0.3) is 0 Å². The van der Waals surface area contributed by atoms with Gasteiger partial charge in [0.05, 0.1) is 0 Å². The van der Waals surface area contributed by atoms with Crippen molar-refractivity contribution in [3.63, 3.8) is 0 Å². The van der Waals surface area contributed by atoms with E-state index in [0.29, 0.717) is 0 Å². The maximum atomic E-state index is 3.33. The van der Waals surface area contributed by atoms with Gasteiger partial charge in [-0.05, 0) is 12.8 Å². The van der Waals surface area contributed by atoms with Crippen LogP contribution in [0, 0.1) is 0 Å². The number of hydrogen-bond acceptors (Lipinski definition) is 0. The summed E-state index contributed by atoms with van der Waals surface area (Å²) in [6, 6.07) is 0. The third-order valence-corrected chi connectivity index (χ3v) is 1.64. The predicted octanol–water partition coefficient (Wildman–Crippen LogP) is 2.56. The van der Waals surface area contributed by atoms with E-state index in [4.69, 9.17) is 0 Å². The number of hydrogen-bond donors (Lipinski definition) is 0. The summed E-state index contributed by atoms with van der Waals surface area (Å²) >= 11 is 6.66. The first-order chi connectivity index (χ1) is 2.91. The van der Waals surface area contributed by atoms with Crippen molar-refractivity contribution >= 4 is 31.9 Å². The Morgan fingerprint density at radius 1 is 0.833 bits per heavy atom. The lowest BCUT2D eigenvalue weighted by molar-refractivity contribution is 0.919. The van der Waals surface area contributed by atoms with Crippen LogP contribution < -0.4 is 0 Å². The van der Waals surface area contributed by atoms with Crippen molar-refractivity contribution in [2.45, 2.75) is 12.8 Å². The Hall–Kier alpha value is 0.960. The SMILES string of the molecule is Br[13CH2][13CH2][13CH2][13CH2]Br. The van der Waals surface area contributed by atoms with Gasteiger partial charge in [-0.15, -0.1) is 0 Å². The van der Waals surface area contributed by atoms with Gasteiger partial charge in [0.2, 0.25) is 0 Å². The Balaban J connectivity index is 2.34. The highest BCUT2D eigenvalue weighted by Crippen LogP contribution is 1.95. The highest BCUT2D eigenvalue weighted by Gasteiger charge is 1.77. The van der Waals surface area contributed by atoms with Crippen LogP contribution in [0.1, 0.15) is 12.8 Å². The maximum absolute atomic E-state index is 3.33. The van der Waals surface area contributed by atoms with Crippen LogP contribution in [-0.4, -0.2) is 10.7 Å². The average Bonchev–Trinajstić information content (AvgIpc) is 1.61. The Morgan fingerprint density at radius 3 is 1.33 bits per heavy atom. The Kier molecular flexibility index (Phi) is 6.91. The van der Waals surface area contributed by atoms with Gasteiger partial charge in [0.1, 0.15) is 0 Å². The molecule has 0 amide bonds. The molecule has 0 aliphatic carbocycles. The maximum Gasteiger partial charge on any atom is 0.00315 e. The van der Waals surface area contributed by atoms with Gasteiger partial charge in [-0.1, -0.05) is 31.9 Å². The standard InChI is InChI=1S/C4H8Br2/c5-3-1-2-4-6/h1-4H2/i1+1,2+1,3+1,4+1. The van der Waals surface area contributed by atoms with Crippen LogP contribution in [-0.2, 0) is 0 Å². The molecule has 0 saturated heterocycles. The average molecular weight is 220 g/mol. The molecule has 0 bridgehead atoms. The van der Waals surface area contributed by atoms with Crippen molar-refractivity contribution in [1.29, 1.82) is 0 Å². The molecular formula is C4H8Br2. The quantitative estimate of drug-likeness (QED) is 0.389. The van der Waals surface area contributed by atoms with Gasteiger partial charge in [0.25, 0.3) is 0 Å². The van der Waals surface area contributed by atoms with Crippen molar-refractivity contribution in [1.82, 2.24) is 0 Å². The summed E-state index contributed by atoms with van der Waals surface area (Å²) in [4.78, 5) is 0. The Labute approximate surface area is 55.6 Å². The molecule has 0 fully saturated rings. The van der Waals surface area contributed by atoms with Crippen LogP contribution in [0.3, 0.4) is 0 Å². The van der Waals surface area contributed by atoms with Gasteiger partial charge in [-0.3, -0.25) is 0 Å². The Bertz CT molecular complexity index is 17.5. The first-order valence-electron chi connectivity index (χ1n) is 2.03. The van der Waals surface area contributed by atoms with Crippen LogP contribution in [0.5, 0.6) is 0 Å². The molecule has 0 aliphatic heterocycles. The molecule has 0 aromatic carbocycles. The third kappa shape index (κ3) is 4.96. The van der Waals surface area contributed by atoms with E-state index in [1.165, 1.54) is 12.8 Å². The molecule has 0 saturated carbocycles. The molecule has 0 unspecified atom stereocenters. The second kappa shape index (κ2) is 5.96. The largest absolute Gasteiger partial charge is 0.0928 e. The number of rotatable bonds is 3. The van der Waals surface area contributed by atoms with Gasteiger partial charge in [-0.2, -0.15) is 0 Å². The lowest BCUT2D eigenvalue weighted by Gasteiger charge is -1.83. The molecule has 6 heavy (non-hydrogen) atoms. The number of alkyl halides is 2. The summed E-state index contributed by atoms with van der Waals surface area (Å²) in [6.07, 6.45) is 2.57. The van der Waals surface area contributed by atoms with Crippen LogP contribution in [0.15, 0.2) is 0 Å². The van der Waals surface area contributed by atoms with Gasteiger partial charge in [-0.25, -0.2) is 0 Å². The molecule has 0 N–H and O–H groups in total. The zero-order valence-corrected chi connectivity index (χ0v) is 6.76. The smallest absolute Gasteiger partial charge is 0.00315 e. The fraction of sp³-hybridized carbons (Fsp3) is 1.00. The van der Waals surface area contributed by atoms with Crippen LogP contribution in [0.4, 0.5) is 0 Å². The molecule has 0 heterocycles. The molecule has 0 nitrogen and oxygen atoms in total. The molecule has 2 heteroatoms. The second-order valence-electron chi connectivity index (χ2n) is 1.09. The summed E-state index contributed by atoms with van der Waals surface area (Å²) in [5.41, 5.74) is 0. The molecule has 0 rings (SSSR count). The molecule has 0 aromatic heterocycles. The Morgan fingerprint density at radius 2 is 1.17 bits per heavy atom. The number of unbranched alkanes of at least 4 members (excludes halogenated alkanes) is 1. The van der Waals surface area contributed by atoms with E-state index in [1.807, 2.05) is 0 Å². The molecule has 0 atom stereocenters. The van der Waals surface area contributed by atoms with Gasteiger partial charge in [0.15, 0.2) is 0 Å². The minimum absolute atomic E-state index is 1.14. The summed E-state index contributed by atoms with van der Waals surface area (Å²) in [5, 5.41) is 2.28. The molecular weight excluding hydrogens is 212 g/mol. The third-order valence-electron chi connectivity index (χ3n) is 0.517. The second-order valence-corrected chi connectivity index (χ2v) is 2.67. The van der Waals surface area contributed by atoms with E-state index >= 15 is 0 Å². The van der Waals surface area contributed by atoms with E-state index in [2.05, 4.69) is 31.9 Å². The van der Waals surface area contributed by atoms with E-state index in [-0.39, 0.29) is 0 Å². The van der Waals surface area contributed by atoms with E-state index < -0.39 is 0 Å². The number of halogens is 2. The lowest BCUT2D eigenvalue weighted by Crippen LogP contribution is -1.73. The zero-order valence-electron chi connectivity index (χ0n) is 3.58. The normalized spacial score (nSPS) is 9.00. The molecule has 0 aromatic rings. The van der Waals surface area contributed by atoms with Crippen LogP contribution in [0.2, 0.25) is 0 Å². The highest BCUT2D eigenvalue weighted by molar-refractivity contribution is 9.09. The van der Waals surface area contributed by atoms with E-state index in [1.54, 1.807) is 0 Å². The zero-order chi connectivity index (χ0) is 4.83. The van der Waals surface area contributed by atoms with Crippen molar-refractivity contribution in [3.05, 3.63) is 0 Å². The highest BCUT2D eigenvalue weighted by atomic mass is 79.9. The topological polar surface area (TPSA) is 0 Å². The van der Waals surface area contributed by atoms with Crippen molar-refractivity contribution in [2.75, 3.05) is 10.7 Å². The molecule has 0 aliphatic rings. The van der Waals surface area contributed by atoms with Gasteiger partial charge >= 0.3 is 0 Å². The summed E-state index contributed by atoms with van der Waals surface area (Å²) in [6.45, 7) is 0. The first kappa shape index (κ1) is 6.96. The van der Waals surface area contributed by atoms with E-state index in [9.17, 15) is 0 Å². The minimum atomic E-state index is 1.14. The first-order valence-corrected chi connectivity index (χ1v) is 4.28. The molecule has 38 valence electrons. The van der Waals surface area contributed by atoms with Crippen molar-refractivity contribution < 1.29 is 0 Å². The van der Waals surface area contributed by atoms with Gasteiger partial charge < -0.3 is 0 Å². The fourth-order valence-electron chi connectivity index (χ4n) is 0.189.